The topological polar surface area (TPSA) is 99.4 Å². The lowest BCUT2D eigenvalue weighted by Gasteiger charge is -2.25. The summed E-state index contributed by atoms with van der Waals surface area (Å²) >= 11 is 0. The Morgan fingerprint density at radius 2 is 1.46 bits per heavy atom. The molecule has 4 N–H and O–H groups in total. The standard InChI is InChI=1S/C18H36O6/c1-2-3-4-5-6-7-8-9-10-11-12-23-14-18(22)17(21)16(20)15(13-19)24-18/h15-17,19-22H,2-14H2,1H3/t15-,16+,17-,18+/m0/s1. The number of aliphatic hydroxyl groups is 4. The summed E-state index contributed by atoms with van der Waals surface area (Å²) in [5.74, 6) is -1.94. The number of unbranched alkanes of at least 4 members (excludes halogenated alkanes) is 9. The van der Waals surface area contributed by atoms with E-state index in [-0.39, 0.29) is 6.61 Å². The average molecular weight is 348 g/mol. The van der Waals surface area contributed by atoms with Gasteiger partial charge in [-0.05, 0) is 6.42 Å². The van der Waals surface area contributed by atoms with Gasteiger partial charge in [-0.25, -0.2) is 0 Å². The summed E-state index contributed by atoms with van der Waals surface area (Å²) in [7, 11) is 0. The molecule has 0 spiro atoms. The number of aliphatic hydroxyl groups excluding tert-OH is 3. The van der Waals surface area contributed by atoms with Crippen LogP contribution in [0, 0.1) is 0 Å². The lowest BCUT2D eigenvalue weighted by molar-refractivity contribution is -0.255. The number of hydrogen-bond donors (Lipinski definition) is 4. The van der Waals surface area contributed by atoms with Gasteiger partial charge in [0.25, 0.3) is 0 Å². The molecule has 1 saturated heterocycles. The summed E-state index contributed by atoms with van der Waals surface area (Å²) in [5.41, 5.74) is 0. The predicted octanol–water partition coefficient (Wildman–Crippen LogP) is 1.73. The molecule has 0 aliphatic carbocycles. The van der Waals surface area contributed by atoms with Crippen molar-refractivity contribution in [3.63, 3.8) is 0 Å². The first kappa shape index (κ1) is 21.8. The van der Waals surface area contributed by atoms with Gasteiger partial charge in [0.05, 0.1) is 6.61 Å². The summed E-state index contributed by atoms with van der Waals surface area (Å²) in [5, 5.41) is 38.5. The molecule has 6 nitrogen and oxygen atoms in total. The molecule has 144 valence electrons. The van der Waals surface area contributed by atoms with Crippen LogP contribution in [0.4, 0.5) is 0 Å². The predicted molar refractivity (Wildman–Crippen MR) is 91.6 cm³/mol. The van der Waals surface area contributed by atoms with Crippen molar-refractivity contribution in [1.29, 1.82) is 0 Å². The van der Waals surface area contributed by atoms with Gasteiger partial charge in [0.1, 0.15) is 24.9 Å². The first-order valence-corrected chi connectivity index (χ1v) is 9.50. The van der Waals surface area contributed by atoms with E-state index in [4.69, 9.17) is 14.6 Å². The third-order valence-electron chi connectivity index (χ3n) is 4.65. The van der Waals surface area contributed by atoms with E-state index in [1.807, 2.05) is 0 Å². The van der Waals surface area contributed by atoms with Crippen molar-refractivity contribution in [1.82, 2.24) is 0 Å². The molecule has 4 atom stereocenters. The smallest absolute Gasteiger partial charge is 0.219 e. The second-order valence-electron chi connectivity index (χ2n) is 6.85. The van der Waals surface area contributed by atoms with Crippen molar-refractivity contribution in [2.45, 2.75) is 95.2 Å². The van der Waals surface area contributed by atoms with Crippen LogP contribution in [-0.2, 0) is 9.47 Å². The monoisotopic (exact) mass is 348 g/mol. The van der Waals surface area contributed by atoms with E-state index < -0.39 is 30.7 Å². The highest BCUT2D eigenvalue weighted by Gasteiger charge is 2.53. The van der Waals surface area contributed by atoms with E-state index in [1.54, 1.807) is 0 Å². The Bertz CT molecular complexity index is 314. The summed E-state index contributed by atoms with van der Waals surface area (Å²) in [4.78, 5) is 0. The molecule has 1 rings (SSSR count). The Morgan fingerprint density at radius 3 is 1.96 bits per heavy atom. The van der Waals surface area contributed by atoms with Crippen molar-refractivity contribution >= 4 is 0 Å². The molecule has 0 bridgehead atoms. The summed E-state index contributed by atoms with van der Waals surface area (Å²) in [6.07, 6.45) is 8.62. The highest BCUT2D eigenvalue weighted by molar-refractivity contribution is 4.95. The molecule has 0 amide bonds. The van der Waals surface area contributed by atoms with Crippen LogP contribution in [0.3, 0.4) is 0 Å². The molecule has 1 heterocycles. The number of rotatable bonds is 14. The minimum Gasteiger partial charge on any atom is -0.394 e. The van der Waals surface area contributed by atoms with E-state index >= 15 is 0 Å². The van der Waals surface area contributed by atoms with E-state index in [2.05, 4.69) is 6.92 Å². The van der Waals surface area contributed by atoms with E-state index in [1.165, 1.54) is 51.4 Å². The Balaban J connectivity index is 1.97. The van der Waals surface area contributed by atoms with E-state index in [0.29, 0.717) is 6.61 Å². The van der Waals surface area contributed by atoms with Crippen LogP contribution < -0.4 is 0 Å². The number of ether oxygens (including phenoxy) is 2. The van der Waals surface area contributed by atoms with Gasteiger partial charge in [-0.15, -0.1) is 0 Å². The van der Waals surface area contributed by atoms with Crippen LogP contribution >= 0.6 is 0 Å². The SMILES string of the molecule is CCCCCCCCCCCCOC[C@@]1(O)O[C@@H](CO)[C@@H](O)[C@@H]1O. The molecule has 0 saturated carbocycles. The molecule has 0 aromatic rings. The molecule has 1 fully saturated rings. The fourth-order valence-corrected chi connectivity index (χ4v) is 3.05. The minimum absolute atomic E-state index is 0.209. The zero-order valence-corrected chi connectivity index (χ0v) is 15.0. The quantitative estimate of drug-likeness (QED) is 0.357. The highest BCUT2D eigenvalue weighted by Crippen LogP contribution is 2.29. The Labute approximate surface area is 145 Å². The molecule has 0 aromatic heterocycles. The van der Waals surface area contributed by atoms with Gasteiger partial charge in [0.2, 0.25) is 5.79 Å². The maximum atomic E-state index is 10.1. The van der Waals surface area contributed by atoms with Crippen LogP contribution in [0.5, 0.6) is 0 Å². The summed E-state index contributed by atoms with van der Waals surface area (Å²) in [6.45, 7) is 2.04. The average Bonchev–Trinajstić information content (AvgIpc) is 2.80. The maximum Gasteiger partial charge on any atom is 0.219 e. The zero-order valence-electron chi connectivity index (χ0n) is 15.0. The van der Waals surface area contributed by atoms with Crippen LogP contribution in [0.15, 0.2) is 0 Å². The molecule has 0 unspecified atom stereocenters. The van der Waals surface area contributed by atoms with Gasteiger partial charge in [0.15, 0.2) is 0 Å². The van der Waals surface area contributed by atoms with Crippen molar-refractivity contribution in [2.24, 2.45) is 0 Å². The lowest BCUT2D eigenvalue weighted by atomic mass is 10.1. The largest absolute Gasteiger partial charge is 0.394 e. The van der Waals surface area contributed by atoms with Crippen molar-refractivity contribution in [2.75, 3.05) is 19.8 Å². The maximum absolute atomic E-state index is 10.1. The minimum atomic E-state index is -1.94. The van der Waals surface area contributed by atoms with Gasteiger partial charge < -0.3 is 29.9 Å². The van der Waals surface area contributed by atoms with Crippen molar-refractivity contribution < 1.29 is 29.9 Å². The molecule has 0 radical (unpaired) electrons. The van der Waals surface area contributed by atoms with Crippen LogP contribution in [0.1, 0.15) is 71.1 Å². The fourth-order valence-electron chi connectivity index (χ4n) is 3.05. The van der Waals surface area contributed by atoms with Crippen LogP contribution in [0.25, 0.3) is 0 Å². The Kier molecular flexibility index (Phi) is 11.1. The van der Waals surface area contributed by atoms with E-state index in [9.17, 15) is 15.3 Å². The Morgan fingerprint density at radius 1 is 0.917 bits per heavy atom. The van der Waals surface area contributed by atoms with Crippen LogP contribution in [0.2, 0.25) is 0 Å². The molecule has 1 aliphatic rings. The Hall–Kier alpha value is -0.240. The summed E-state index contributed by atoms with van der Waals surface area (Å²) < 4.78 is 10.5. The molecule has 0 aromatic carbocycles. The molecule has 6 heteroatoms. The molecular formula is C18H36O6. The first-order valence-electron chi connectivity index (χ1n) is 9.50. The fraction of sp³-hybridized carbons (Fsp3) is 1.00. The van der Waals surface area contributed by atoms with E-state index in [0.717, 1.165) is 12.8 Å². The van der Waals surface area contributed by atoms with Gasteiger partial charge in [-0.3, -0.25) is 0 Å². The second-order valence-corrected chi connectivity index (χ2v) is 6.85. The third kappa shape index (κ3) is 7.33. The zero-order chi connectivity index (χ0) is 17.8. The van der Waals surface area contributed by atoms with Crippen molar-refractivity contribution in [3.05, 3.63) is 0 Å². The van der Waals surface area contributed by atoms with Gasteiger partial charge >= 0.3 is 0 Å². The number of hydrogen-bond acceptors (Lipinski definition) is 6. The second kappa shape index (κ2) is 12.2. The molecule has 24 heavy (non-hydrogen) atoms. The normalized spacial score (nSPS) is 30.1. The highest BCUT2D eigenvalue weighted by atomic mass is 16.7. The molecular weight excluding hydrogens is 312 g/mol. The van der Waals surface area contributed by atoms with Gasteiger partial charge in [-0.1, -0.05) is 64.7 Å². The van der Waals surface area contributed by atoms with Gasteiger partial charge in [0, 0.05) is 6.61 Å². The van der Waals surface area contributed by atoms with Gasteiger partial charge in [-0.2, -0.15) is 0 Å². The van der Waals surface area contributed by atoms with Crippen LogP contribution in [-0.4, -0.2) is 64.3 Å². The first-order chi connectivity index (χ1) is 11.5. The molecule has 1 aliphatic heterocycles. The lowest BCUT2D eigenvalue weighted by Crippen LogP contribution is -2.47. The van der Waals surface area contributed by atoms with Crippen molar-refractivity contribution in [3.8, 4) is 0 Å². The summed E-state index contributed by atoms with van der Waals surface area (Å²) in [6, 6.07) is 0. The third-order valence-corrected chi connectivity index (χ3v) is 4.65.